The maximum atomic E-state index is 13.0. The van der Waals surface area contributed by atoms with E-state index in [1.165, 1.54) is 26.3 Å². The molecule has 0 aliphatic rings. The van der Waals surface area contributed by atoms with Crippen molar-refractivity contribution in [2.45, 2.75) is 40.2 Å². The number of amides is 2. The summed E-state index contributed by atoms with van der Waals surface area (Å²) < 4.78 is 21.6. The molecule has 0 saturated carbocycles. The Bertz CT molecular complexity index is 1320. The molecule has 41 heavy (non-hydrogen) atoms. The van der Waals surface area contributed by atoms with Gasteiger partial charge in [0.2, 0.25) is 5.75 Å². The standard InChI is InChI=1S/C30H34N4O7/c1-6-25(35)41-28-24(38-5)17-18-31-27(28)30(37)32-19(4)29(36)34-33-26(20-9-13-22(14-10-20)39-7-2)21-11-15-23(16-12-21)40-8-3/h9-19H,6-8H2,1-5H3,(H,32,37)(H,34,36)/t19-/m0/s1. The Morgan fingerprint density at radius 1 is 0.878 bits per heavy atom. The van der Waals surface area contributed by atoms with Gasteiger partial charge in [0, 0.05) is 29.8 Å². The summed E-state index contributed by atoms with van der Waals surface area (Å²) in [5.41, 5.74) is 4.30. The number of carbonyl (C=O) groups is 3. The molecular formula is C30H34N4O7. The monoisotopic (exact) mass is 562 g/mol. The fourth-order valence-electron chi connectivity index (χ4n) is 3.62. The zero-order valence-corrected chi connectivity index (χ0v) is 23.7. The van der Waals surface area contributed by atoms with Gasteiger partial charge in [-0.15, -0.1) is 0 Å². The molecule has 0 unspecified atom stereocenters. The maximum Gasteiger partial charge on any atom is 0.311 e. The molecule has 2 aromatic carbocycles. The summed E-state index contributed by atoms with van der Waals surface area (Å²) in [5, 5.41) is 6.95. The first-order valence-corrected chi connectivity index (χ1v) is 13.2. The number of hydrogen-bond acceptors (Lipinski definition) is 9. The Labute approximate surface area is 238 Å². The number of hydrogen-bond donors (Lipinski definition) is 2. The Balaban J connectivity index is 1.82. The predicted molar refractivity (Wildman–Crippen MR) is 153 cm³/mol. The van der Waals surface area contributed by atoms with Crippen molar-refractivity contribution in [3.63, 3.8) is 0 Å². The third kappa shape index (κ3) is 8.28. The van der Waals surface area contributed by atoms with Crippen LogP contribution >= 0.6 is 0 Å². The summed E-state index contributed by atoms with van der Waals surface area (Å²) in [7, 11) is 1.38. The molecule has 11 heteroatoms. The van der Waals surface area contributed by atoms with Crippen molar-refractivity contribution in [3.05, 3.63) is 77.6 Å². The maximum absolute atomic E-state index is 13.0. The first-order chi connectivity index (χ1) is 19.8. The normalized spacial score (nSPS) is 11.0. The van der Waals surface area contributed by atoms with Gasteiger partial charge in [0.1, 0.15) is 17.5 Å². The molecule has 2 amide bonds. The molecule has 1 aromatic heterocycles. The lowest BCUT2D eigenvalue weighted by Crippen LogP contribution is -2.44. The summed E-state index contributed by atoms with van der Waals surface area (Å²) in [5.74, 6) is -0.435. The van der Waals surface area contributed by atoms with Crippen molar-refractivity contribution in [1.29, 1.82) is 0 Å². The highest BCUT2D eigenvalue weighted by atomic mass is 16.6. The SMILES string of the molecule is CCOc1ccc(C(=NNC(=O)[C@H](C)NC(=O)c2nccc(OC)c2OC(=O)CC)c2ccc(OCC)cc2)cc1. The van der Waals surface area contributed by atoms with Crippen LogP contribution in [0.4, 0.5) is 0 Å². The van der Waals surface area contributed by atoms with Crippen LogP contribution in [0.1, 0.15) is 55.7 Å². The van der Waals surface area contributed by atoms with E-state index < -0.39 is 23.8 Å². The van der Waals surface area contributed by atoms with Crippen LogP contribution in [-0.2, 0) is 9.59 Å². The van der Waals surface area contributed by atoms with E-state index in [4.69, 9.17) is 18.9 Å². The number of methoxy groups -OCH3 is 1. The molecule has 0 radical (unpaired) electrons. The molecule has 0 fully saturated rings. The minimum Gasteiger partial charge on any atom is -0.494 e. The average molecular weight is 563 g/mol. The van der Waals surface area contributed by atoms with Crippen LogP contribution in [-0.4, -0.2) is 54.8 Å². The lowest BCUT2D eigenvalue weighted by Gasteiger charge is -2.16. The van der Waals surface area contributed by atoms with Gasteiger partial charge in [-0.25, -0.2) is 10.4 Å². The third-order valence-corrected chi connectivity index (χ3v) is 5.70. The van der Waals surface area contributed by atoms with Crippen molar-refractivity contribution in [1.82, 2.24) is 15.7 Å². The zero-order chi connectivity index (χ0) is 29.8. The van der Waals surface area contributed by atoms with Gasteiger partial charge in [-0.05, 0) is 69.3 Å². The number of benzene rings is 2. The van der Waals surface area contributed by atoms with Crippen molar-refractivity contribution >= 4 is 23.5 Å². The number of nitrogens with one attached hydrogen (secondary N) is 2. The minimum atomic E-state index is -1.02. The second kappa shape index (κ2) is 15.0. The van der Waals surface area contributed by atoms with Gasteiger partial charge in [-0.3, -0.25) is 14.4 Å². The van der Waals surface area contributed by atoms with Gasteiger partial charge >= 0.3 is 5.97 Å². The Morgan fingerprint density at radius 2 is 1.44 bits per heavy atom. The van der Waals surface area contributed by atoms with Crippen LogP contribution in [0.25, 0.3) is 0 Å². The van der Waals surface area contributed by atoms with E-state index in [-0.39, 0.29) is 23.6 Å². The molecule has 3 rings (SSSR count). The lowest BCUT2D eigenvalue weighted by atomic mass is 10.0. The second-order valence-corrected chi connectivity index (χ2v) is 8.56. The van der Waals surface area contributed by atoms with Gasteiger partial charge < -0.3 is 24.3 Å². The van der Waals surface area contributed by atoms with Crippen LogP contribution < -0.4 is 29.7 Å². The quantitative estimate of drug-likeness (QED) is 0.182. The highest BCUT2D eigenvalue weighted by molar-refractivity contribution is 6.13. The smallest absolute Gasteiger partial charge is 0.311 e. The average Bonchev–Trinajstić information content (AvgIpc) is 2.98. The Hall–Kier alpha value is -4.93. The van der Waals surface area contributed by atoms with E-state index in [1.54, 1.807) is 6.92 Å². The third-order valence-electron chi connectivity index (χ3n) is 5.70. The molecule has 1 atom stereocenters. The van der Waals surface area contributed by atoms with Crippen LogP contribution in [0.5, 0.6) is 23.0 Å². The number of aromatic nitrogens is 1. The molecule has 2 N–H and O–H groups in total. The molecule has 0 spiro atoms. The van der Waals surface area contributed by atoms with Gasteiger partial charge in [0.05, 0.1) is 26.0 Å². The van der Waals surface area contributed by atoms with E-state index in [0.717, 1.165) is 11.1 Å². The molecule has 3 aromatic rings. The van der Waals surface area contributed by atoms with Crippen molar-refractivity contribution < 1.29 is 33.3 Å². The molecule has 0 bridgehead atoms. The fraction of sp³-hybridized carbons (Fsp3) is 0.300. The van der Waals surface area contributed by atoms with Gasteiger partial charge in [-0.1, -0.05) is 6.92 Å². The number of pyridine rings is 1. The summed E-state index contributed by atoms with van der Waals surface area (Å²) >= 11 is 0. The number of esters is 1. The minimum absolute atomic E-state index is 0.0843. The van der Waals surface area contributed by atoms with Crippen LogP contribution in [0.3, 0.4) is 0 Å². The Kier molecular flexibility index (Phi) is 11.2. The lowest BCUT2D eigenvalue weighted by molar-refractivity contribution is -0.134. The van der Waals surface area contributed by atoms with Crippen molar-refractivity contribution in [2.24, 2.45) is 5.10 Å². The fourth-order valence-corrected chi connectivity index (χ4v) is 3.62. The number of nitrogens with zero attached hydrogens (tertiary/aromatic N) is 2. The number of rotatable bonds is 13. The summed E-state index contributed by atoms with van der Waals surface area (Å²) in [6.07, 6.45) is 1.42. The predicted octanol–water partition coefficient (Wildman–Crippen LogP) is 3.89. The molecule has 216 valence electrons. The van der Waals surface area contributed by atoms with Gasteiger partial charge in [0.15, 0.2) is 11.4 Å². The number of ether oxygens (including phenoxy) is 4. The van der Waals surface area contributed by atoms with Crippen LogP contribution in [0, 0.1) is 0 Å². The summed E-state index contributed by atoms with van der Waals surface area (Å²) in [6.45, 7) is 7.98. The zero-order valence-electron chi connectivity index (χ0n) is 23.7. The highest BCUT2D eigenvalue weighted by Gasteiger charge is 2.24. The molecule has 1 heterocycles. The first-order valence-electron chi connectivity index (χ1n) is 13.2. The topological polar surface area (TPSA) is 137 Å². The van der Waals surface area contributed by atoms with Gasteiger partial charge in [-0.2, -0.15) is 5.10 Å². The van der Waals surface area contributed by atoms with Crippen molar-refractivity contribution in [2.75, 3.05) is 20.3 Å². The first kappa shape index (κ1) is 30.6. The molecule has 0 aliphatic carbocycles. The van der Waals surface area contributed by atoms with E-state index in [2.05, 4.69) is 20.8 Å². The van der Waals surface area contributed by atoms with E-state index in [9.17, 15) is 14.4 Å². The van der Waals surface area contributed by atoms with Crippen LogP contribution in [0.2, 0.25) is 0 Å². The Morgan fingerprint density at radius 3 is 1.93 bits per heavy atom. The van der Waals surface area contributed by atoms with Crippen LogP contribution in [0.15, 0.2) is 65.9 Å². The molecule has 0 saturated heterocycles. The number of carbonyl (C=O) groups excluding carboxylic acids is 3. The van der Waals surface area contributed by atoms with E-state index in [1.807, 2.05) is 62.4 Å². The largest absolute Gasteiger partial charge is 0.494 e. The van der Waals surface area contributed by atoms with E-state index >= 15 is 0 Å². The van der Waals surface area contributed by atoms with Crippen molar-refractivity contribution in [3.8, 4) is 23.0 Å². The summed E-state index contributed by atoms with van der Waals surface area (Å²) in [4.78, 5) is 41.9. The molecule has 0 aliphatic heterocycles. The highest BCUT2D eigenvalue weighted by Crippen LogP contribution is 2.30. The molecule has 11 nitrogen and oxygen atoms in total. The van der Waals surface area contributed by atoms with Gasteiger partial charge in [0.25, 0.3) is 11.8 Å². The summed E-state index contributed by atoms with van der Waals surface area (Å²) in [6, 6.07) is 15.1. The van der Waals surface area contributed by atoms with E-state index in [0.29, 0.717) is 30.4 Å². The molecular weight excluding hydrogens is 528 g/mol. The second-order valence-electron chi connectivity index (χ2n) is 8.56. The number of hydrazone groups is 1.